The topological polar surface area (TPSA) is 69.4 Å². The maximum absolute atomic E-state index is 9.96. The van der Waals surface area contributed by atoms with Gasteiger partial charge in [-0.15, -0.1) is 0 Å². The van der Waals surface area contributed by atoms with Gasteiger partial charge in [0.2, 0.25) is 0 Å². The molecule has 0 aliphatic carbocycles. The van der Waals surface area contributed by atoms with Gasteiger partial charge in [-0.25, -0.2) is 4.79 Å². The number of nitro groups is 1. The summed E-state index contributed by atoms with van der Waals surface area (Å²) in [6.45, 7) is -0.753. The minimum Gasteiger partial charge on any atom is -0.464 e. The first kappa shape index (κ1) is 6.87. The first-order chi connectivity index (χ1) is 3.66. The molecule has 0 rings (SSSR count). The van der Waals surface area contributed by atoms with Crippen molar-refractivity contribution in [3.63, 3.8) is 0 Å². The highest BCUT2D eigenvalue weighted by Crippen LogP contribution is 1.72. The Kier molecular flexibility index (Phi) is 2.53. The van der Waals surface area contributed by atoms with Crippen LogP contribution in [0.2, 0.25) is 0 Å². The van der Waals surface area contributed by atoms with E-state index in [2.05, 4.69) is 4.74 Å². The first-order valence-electron chi connectivity index (χ1n) is 1.85. The second-order valence-corrected chi connectivity index (χ2v) is 1.07. The third-order valence-electron chi connectivity index (χ3n) is 0.486. The van der Waals surface area contributed by atoms with E-state index in [0.717, 1.165) is 7.11 Å². The number of esters is 1. The monoisotopic (exact) mass is 119 g/mol. The second-order valence-electron chi connectivity index (χ2n) is 1.07. The predicted molar refractivity (Wildman–Crippen MR) is 23.9 cm³/mol. The number of carbonyl (C=O) groups excluding carboxylic acids is 1. The van der Waals surface area contributed by atoms with Crippen LogP contribution in [0.4, 0.5) is 0 Å². The summed E-state index contributed by atoms with van der Waals surface area (Å²) >= 11 is 0. The molecule has 0 aliphatic heterocycles. The average molecular weight is 119 g/mol. The van der Waals surface area contributed by atoms with Crippen molar-refractivity contribution in [1.29, 1.82) is 0 Å². The molecule has 0 spiro atoms. The molecule has 5 heteroatoms. The molecule has 0 heterocycles. The maximum atomic E-state index is 9.96. The largest absolute Gasteiger partial charge is 0.464 e. The van der Waals surface area contributed by atoms with E-state index in [1.165, 1.54) is 0 Å². The molecule has 0 aromatic carbocycles. The first-order valence-corrected chi connectivity index (χ1v) is 1.85. The summed E-state index contributed by atoms with van der Waals surface area (Å²) < 4.78 is 3.98. The third-order valence-corrected chi connectivity index (χ3v) is 0.486. The lowest BCUT2D eigenvalue weighted by Crippen LogP contribution is -2.14. The Labute approximate surface area is 45.4 Å². The third kappa shape index (κ3) is 3.08. The summed E-state index contributed by atoms with van der Waals surface area (Å²) in [5.74, 6) is -0.824. The standard InChI is InChI=1S/C3H5NO4/c1-8-3(5)2-4(6)7/h2H2,1H3. The Morgan fingerprint density at radius 1 is 1.88 bits per heavy atom. The van der Waals surface area contributed by atoms with Crippen LogP contribution in [0.5, 0.6) is 0 Å². The molecular formula is C3H5NO4. The lowest BCUT2D eigenvalue weighted by atomic mass is 10.7. The van der Waals surface area contributed by atoms with E-state index in [0.29, 0.717) is 0 Å². The quantitative estimate of drug-likeness (QED) is 0.277. The fourth-order valence-electron chi connectivity index (χ4n) is 0.170. The molecule has 8 heavy (non-hydrogen) atoms. The van der Waals surface area contributed by atoms with Crippen molar-refractivity contribution < 1.29 is 14.5 Å². The lowest BCUT2D eigenvalue weighted by molar-refractivity contribution is -0.470. The number of ether oxygens (including phenoxy) is 1. The van der Waals surface area contributed by atoms with E-state index in [9.17, 15) is 14.9 Å². The summed E-state index contributed by atoms with van der Waals surface area (Å²) in [5, 5.41) is 9.47. The van der Waals surface area contributed by atoms with E-state index >= 15 is 0 Å². The van der Waals surface area contributed by atoms with Crippen LogP contribution >= 0.6 is 0 Å². The Hall–Kier alpha value is -1.13. The van der Waals surface area contributed by atoms with E-state index in [1.54, 1.807) is 0 Å². The van der Waals surface area contributed by atoms with Crippen molar-refractivity contribution in [3.8, 4) is 0 Å². The Bertz CT molecular complexity index is 110. The molecular weight excluding hydrogens is 114 g/mol. The normalized spacial score (nSPS) is 8.12. The van der Waals surface area contributed by atoms with Gasteiger partial charge < -0.3 is 4.74 Å². The SMILES string of the molecule is COC(=O)C[N+](=O)[O-]. The van der Waals surface area contributed by atoms with Crippen molar-refractivity contribution in [3.05, 3.63) is 10.1 Å². The van der Waals surface area contributed by atoms with Crippen molar-refractivity contribution in [1.82, 2.24) is 0 Å². The van der Waals surface area contributed by atoms with Gasteiger partial charge in [-0.2, -0.15) is 0 Å². The van der Waals surface area contributed by atoms with Gasteiger partial charge in [0.25, 0.3) is 6.54 Å². The van der Waals surface area contributed by atoms with E-state index < -0.39 is 17.4 Å². The zero-order chi connectivity index (χ0) is 6.57. The minimum absolute atomic E-state index is 0.744. The molecule has 0 unspecified atom stereocenters. The van der Waals surface area contributed by atoms with E-state index in [-0.39, 0.29) is 0 Å². The molecule has 5 nitrogen and oxygen atoms in total. The number of hydrogen-bond acceptors (Lipinski definition) is 4. The Balaban J connectivity index is 3.40. The summed E-state index contributed by atoms with van der Waals surface area (Å²) in [4.78, 5) is 18.7. The van der Waals surface area contributed by atoms with Gasteiger partial charge >= 0.3 is 5.97 Å². The van der Waals surface area contributed by atoms with Crippen LogP contribution in [-0.2, 0) is 9.53 Å². The number of methoxy groups -OCH3 is 1. The van der Waals surface area contributed by atoms with Crippen LogP contribution in [0.3, 0.4) is 0 Å². The Morgan fingerprint density at radius 3 is 2.50 bits per heavy atom. The molecule has 46 valence electrons. The number of nitrogens with zero attached hydrogens (tertiary/aromatic N) is 1. The van der Waals surface area contributed by atoms with Crippen LogP contribution in [0.25, 0.3) is 0 Å². The second kappa shape index (κ2) is 2.95. The van der Waals surface area contributed by atoms with Crippen LogP contribution in [0.15, 0.2) is 0 Å². The molecule has 0 bridgehead atoms. The molecule has 0 aromatic rings. The van der Waals surface area contributed by atoms with Gasteiger partial charge in [-0.3, -0.25) is 10.1 Å². The number of hydrogen-bond donors (Lipinski definition) is 0. The van der Waals surface area contributed by atoms with Gasteiger partial charge in [0, 0.05) is 4.92 Å². The average Bonchev–Trinajstić information content (AvgIpc) is 1.65. The van der Waals surface area contributed by atoms with Gasteiger partial charge in [-0.1, -0.05) is 0 Å². The molecule has 0 saturated carbocycles. The summed E-state index contributed by atoms with van der Waals surface area (Å²) in [7, 11) is 1.10. The van der Waals surface area contributed by atoms with E-state index in [4.69, 9.17) is 0 Å². The van der Waals surface area contributed by atoms with Gasteiger partial charge in [0.15, 0.2) is 0 Å². The maximum Gasteiger partial charge on any atom is 0.378 e. The van der Waals surface area contributed by atoms with Crippen molar-refractivity contribution in [2.45, 2.75) is 0 Å². The Morgan fingerprint density at radius 2 is 2.38 bits per heavy atom. The summed E-state index contributed by atoms with van der Waals surface area (Å²) in [6, 6.07) is 0. The van der Waals surface area contributed by atoms with Crippen LogP contribution in [-0.4, -0.2) is 24.5 Å². The van der Waals surface area contributed by atoms with Crippen molar-refractivity contribution >= 4 is 5.97 Å². The zero-order valence-corrected chi connectivity index (χ0v) is 4.29. The molecule has 0 amide bonds. The van der Waals surface area contributed by atoms with Crippen molar-refractivity contribution in [2.75, 3.05) is 13.7 Å². The molecule has 0 saturated heterocycles. The van der Waals surface area contributed by atoms with E-state index in [1.807, 2.05) is 0 Å². The van der Waals surface area contributed by atoms with Gasteiger partial charge in [-0.05, 0) is 0 Å². The molecule has 0 aromatic heterocycles. The van der Waals surface area contributed by atoms with Crippen LogP contribution < -0.4 is 0 Å². The summed E-state index contributed by atoms with van der Waals surface area (Å²) in [5.41, 5.74) is 0. The molecule has 0 radical (unpaired) electrons. The molecule has 0 fully saturated rings. The highest BCUT2D eigenvalue weighted by atomic mass is 16.6. The smallest absolute Gasteiger partial charge is 0.378 e. The number of rotatable bonds is 2. The highest BCUT2D eigenvalue weighted by Gasteiger charge is 2.06. The minimum atomic E-state index is -0.824. The van der Waals surface area contributed by atoms with Crippen LogP contribution in [0.1, 0.15) is 0 Å². The molecule has 0 aliphatic rings. The van der Waals surface area contributed by atoms with Gasteiger partial charge in [0.1, 0.15) is 0 Å². The van der Waals surface area contributed by atoms with Crippen molar-refractivity contribution in [2.24, 2.45) is 0 Å². The summed E-state index contributed by atoms with van der Waals surface area (Å²) in [6.07, 6.45) is 0. The highest BCUT2D eigenvalue weighted by molar-refractivity contribution is 5.70. The fourth-order valence-corrected chi connectivity index (χ4v) is 0.170. The predicted octanol–water partition coefficient (Wildman–Crippen LogP) is -0.564. The number of carbonyl (C=O) groups is 1. The lowest BCUT2D eigenvalue weighted by Gasteiger charge is -1.88. The zero-order valence-electron chi connectivity index (χ0n) is 4.29. The van der Waals surface area contributed by atoms with Crippen LogP contribution in [0, 0.1) is 10.1 Å². The fraction of sp³-hybridized carbons (Fsp3) is 0.667. The van der Waals surface area contributed by atoms with Gasteiger partial charge in [0.05, 0.1) is 7.11 Å². The molecule has 0 N–H and O–H groups in total. The molecule has 0 atom stereocenters.